The fourth-order valence-corrected chi connectivity index (χ4v) is 4.24. The summed E-state index contributed by atoms with van der Waals surface area (Å²) in [6.07, 6.45) is 1.71. The van der Waals surface area contributed by atoms with Crippen molar-refractivity contribution in [2.24, 2.45) is 0 Å². The van der Waals surface area contributed by atoms with Crippen molar-refractivity contribution in [3.63, 3.8) is 0 Å². The number of benzene rings is 2. The molecule has 2 aromatic rings. The average molecular weight is 464 g/mol. The fraction of sp³-hybridized carbons (Fsp3) is 0.273. The van der Waals surface area contributed by atoms with Crippen molar-refractivity contribution in [2.45, 2.75) is 19.8 Å². The van der Waals surface area contributed by atoms with Crippen molar-refractivity contribution >= 4 is 51.9 Å². The normalized spacial score (nSPS) is 14.9. The third-order valence-corrected chi connectivity index (χ3v) is 5.76. The Morgan fingerprint density at radius 3 is 2.57 bits per heavy atom. The van der Waals surface area contributed by atoms with E-state index >= 15 is 0 Å². The van der Waals surface area contributed by atoms with Crippen LogP contribution in [0.2, 0.25) is 5.02 Å². The molecule has 1 aliphatic rings. The van der Waals surface area contributed by atoms with Gasteiger partial charge in [0.1, 0.15) is 23.3 Å². The number of nitrogens with one attached hydrogen (secondary N) is 1. The maximum absolute atomic E-state index is 11.9. The predicted molar refractivity (Wildman–Crippen MR) is 126 cm³/mol. The topological polar surface area (TPSA) is 56.8 Å². The van der Waals surface area contributed by atoms with Crippen LogP contribution in [0.3, 0.4) is 0 Å². The molecule has 1 aliphatic heterocycles. The van der Waals surface area contributed by atoms with Gasteiger partial charge in [0, 0.05) is 0 Å². The van der Waals surface area contributed by atoms with Gasteiger partial charge in [0.15, 0.2) is 11.5 Å². The van der Waals surface area contributed by atoms with Crippen LogP contribution < -0.4 is 19.5 Å². The number of thiocarbonyl (C=S) groups is 1. The minimum absolute atomic E-state index is 0.223. The number of halogens is 1. The molecule has 1 saturated heterocycles. The molecule has 0 saturated carbocycles. The average Bonchev–Trinajstić information content (AvgIpc) is 3.02. The van der Waals surface area contributed by atoms with E-state index in [9.17, 15) is 4.79 Å². The van der Waals surface area contributed by atoms with Gasteiger partial charge in [-0.3, -0.25) is 4.79 Å². The standard InChI is InChI=1S/C22H22ClNO4S2/c1-13(2)15-6-4-5-7-17(15)27-8-9-28-20-16(23)10-14(11-18(20)26-3)12-19-21(25)24-22(29)30-19/h4-7,10-13H,8-9H2,1-3H3,(H,24,25,29)/b19-12-. The van der Waals surface area contributed by atoms with Gasteiger partial charge in [-0.15, -0.1) is 0 Å². The number of ether oxygens (including phenoxy) is 3. The van der Waals surface area contributed by atoms with Crippen LogP contribution in [0.5, 0.6) is 17.2 Å². The Hall–Kier alpha value is -2.22. The first-order valence-corrected chi connectivity index (χ1v) is 11.0. The molecule has 1 N–H and O–H groups in total. The molecule has 30 heavy (non-hydrogen) atoms. The minimum atomic E-state index is -0.223. The van der Waals surface area contributed by atoms with Gasteiger partial charge >= 0.3 is 0 Å². The van der Waals surface area contributed by atoms with Crippen molar-refractivity contribution in [3.8, 4) is 17.2 Å². The molecule has 0 aromatic heterocycles. The summed E-state index contributed by atoms with van der Waals surface area (Å²) < 4.78 is 17.6. The summed E-state index contributed by atoms with van der Waals surface area (Å²) in [5.41, 5.74) is 1.87. The third-order valence-electron chi connectivity index (χ3n) is 4.32. The van der Waals surface area contributed by atoms with E-state index in [0.29, 0.717) is 50.4 Å². The molecule has 1 amide bonds. The molecule has 0 atom stereocenters. The lowest BCUT2D eigenvalue weighted by molar-refractivity contribution is -0.115. The Bertz CT molecular complexity index is 991. The molecule has 0 spiro atoms. The van der Waals surface area contributed by atoms with Gasteiger partial charge in [-0.2, -0.15) is 0 Å². The van der Waals surface area contributed by atoms with Crippen LogP contribution in [-0.2, 0) is 4.79 Å². The van der Waals surface area contributed by atoms with Crippen molar-refractivity contribution in [1.29, 1.82) is 0 Å². The van der Waals surface area contributed by atoms with Gasteiger partial charge in [-0.25, -0.2) is 0 Å². The second-order valence-corrected chi connectivity index (χ2v) is 8.90. The maximum Gasteiger partial charge on any atom is 0.263 e. The lowest BCUT2D eigenvalue weighted by Gasteiger charge is -2.16. The fourth-order valence-electron chi connectivity index (χ4n) is 2.92. The molecule has 5 nitrogen and oxygen atoms in total. The van der Waals surface area contributed by atoms with E-state index in [1.54, 1.807) is 18.2 Å². The quantitative estimate of drug-likeness (QED) is 0.320. The molecule has 1 heterocycles. The Labute approximate surface area is 190 Å². The smallest absolute Gasteiger partial charge is 0.263 e. The maximum atomic E-state index is 11.9. The highest BCUT2D eigenvalue weighted by Crippen LogP contribution is 2.38. The van der Waals surface area contributed by atoms with E-state index in [4.69, 9.17) is 38.0 Å². The zero-order valence-electron chi connectivity index (χ0n) is 16.9. The summed E-state index contributed by atoms with van der Waals surface area (Å²) in [5.74, 6) is 1.90. The van der Waals surface area contributed by atoms with E-state index in [-0.39, 0.29) is 5.91 Å². The number of hydrogen-bond acceptors (Lipinski definition) is 6. The lowest BCUT2D eigenvalue weighted by Crippen LogP contribution is -2.17. The van der Waals surface area contributed by atoms with Gasteiger partial charge in [0.05, 0.1) is 17.0 Å². The van der Waals surface area contributed by atoms with Crippen LogP contribution in [0.4, 0.5) is 0 Å². The number of para-hydroxylation sites is 1. The molecular formula is C22H22ClNO4S2. The Kier molecular flexibility index (Phi) is 7.64. The van der Waals surface area contributed by atoms with Crippen molar-refractivity contribution in [3.05, 3.63) is 57.5 Å². The van der Waals surface area contributed by atoms with E-state index in [1.165, 1.54) is 18.9 Å². The molecule has 8 heteroatoms. The first-order valence-electron chi connectivity index (χ1n) is 9.36. The third kappa shape index (κ3) is 5.47. The molecule has 2 aromatic carbocycles. The van der Waals surface area contributed by atoms with E-state index < -0.39 is 0 Å². The molecule has 3 rings (SSSR count). The van der Waals surface area contributed by atoms with Crippen molar-refractivity contribution in [2.75, 3.05) is 20.3 Å². The first-order chi connectivity index (χ1) is 14.4. The molecular weight excluding hydrogens is 442 g/mol. The summed E-state index contributed by atoms with van der Waals surface area (Å²) in [6, 6.07) is 11.4. The second-order valence-electron chi connectivity index (χ2n) is 6.78. The molecule has 0 bridgehead atoms. The van der Waals surface area contributed by atoms with E-state index in [1.807, 2.05) is 18.2 Å². The number of carbonyl (C=O) groups is 1. The number of amides is 1. The second kappa shape index (κ2) is 10.2. The Balaban J connectivity index is 1.67. The number of carbonyl (C=O) groups excluding carboxylic acids is 1. The van der Waals surface area contributed by atoms with Crippen LogP contribution in [-0.4, -0.2) is 30.6 Å². The predicted octanol–water partition coefficient (Wildman–Crippen LogP) is 5.42. The molecule has 0 unspecified atom stereocenters. The SMILES string of the molecule is COc1cc(/C=C2\SC(=S)NC2=O)cc(Cl)c1OCCOc1ccccc1C(C)C. The highest BCUT2D eigenvalue weighted by Gasteiger charge is 2.22. The molecule has 0 radical (unpaired) electrons. The van der Waals surface area contributed by atoms with Gasteiger partial charge in [-0.05, 0) is 41.3 Å². The summed E-state index contributed by atoms with van der Waals surface area (Å²) in [4.78, 5) is 12.4. The largest absolute Gasteiger partial charge is 0.493 e. The van der Waals surface area contributed by atoms with Crippen LogP contribution in [0, 0.1) is 0 Å². The monoisotopic (exact) mass is 463 g/mol. The zero-order chi connectivity index (χ0) is 21.7. The summed E-state index contributed by atoms with van der Waals surface area (Å²) in [6.45, 7) is 4.92. The molecule has 158 valence electrons. The van der Waals surface area contributed by atoms with Crippen LogP contribution in [0.25, 0.3) is 6.08 Å². The summed E-state index contributed by atoms with van der Waals surface area (Å²) in [5, 5.41) is 2.97. The lowest BCUT2D eigenvalue weighted by atomic mass is 10.0. The van der Waals surface area contributed by atoms with E-state index in [2.05, 4.69) is 25.2 Å². The molecule has 0 aliphatic carbocycles. The van der Waals surface area contributed by atoms with Crippen molar-refractivity contribution in [1.82, 2.24) is 5.32 Å². The highest BCUT2D eigenvalue weighted by molar-refractivity contribution is 8.26. The van der Waals surface area contributed by atoms with Gasteiger partial charge < -0.3 is 19.5 Å². The number of rotatable bonds is 8. The van der Waals surface area contributed by atoms with Crippen LogP contribution in [0.1, 0.15) is 30.9 Å². The first kappa shape index (κ1) is 22.5. The zero-order valence-corrected chi connectivity index (χ0v) is 19.2. The summed E-state index contributed by atoms with van der Waals surface area (Å²) in [7, 11) is 1.54. The number of methoxy groups -OCH3 is 1. The van der Waals surface area contributed by atoms with Crippen molar-refractivity contribution < 1.29 is 19.0 Å². The van der Waals surface area contributed by atoms with Gasteiger partial charge in [0.2, 0.25) is 0 Å². The van der Waals surface area contributed by atoms with E-state index in [0.717, 1.165) is 11.3 Å². The van der Waals surface area contributed by atoms with Gasteiger partial charge in [-0.1, -0.05) is 67.6 Å². The Morgan fingerprint density at radius 1 is 1.17 bits per heavy atom. The molecule has 1 fully saturated rings. The van der Waals surface area contributed by atoms with Crippen LogP contribution in [0.15, 0.2) is 41.3 Å². The highest BCUT2D eigenvalue weighted by atomic mass is 35.5. The van der Waals surface area contributed by atoms with Crippen LogP contribution >= 0.6 is 35.6 Å². The number of hydrogen-bond donors (Lipinski definition) is 1. The van der Waals surface area contributed by atoms with Gasteiger partial charge in [0.25, 0.3) is 5.91 Å². The minimum Gasteiger partial charge on any atom is -0.493 e. The summed E-state index contributed by atoms with van der Waals surface area (Å²) >= 11 is 12.6. The Morgan fingerprint density at radius 2 is 1.90 bits per heavy atom. The number of thioether (sulfide) groups is 1.